The molecular weight excluding hydrogens is 530 g/mol. The number of benzene rings is 2. The zero-order valence-corrected chi connectivity index (χ0v) is 22.9. The minimum absolute atomic E-state index is 0. The predicted octanol–water partition coefficient (Wildman–Crippen LogP) is 5.15. The van der Waals surface area contributed by atoms with Crippen molar-refractivity contribution in [1.29, 1.82) is 0 Å². The Morgan fingerprint density at radius 1 is 1.00 bits per heavy atom. The number of esters is 1. The molecule has 0 spiro atoms. The van der Waals surface area contributed by atoms with E-state index in [0.717, 1.165) is 48.0 Å². The topological polar surface area (TPSA) is 120 Å². The van der Waals surface area contributed by atoms with Gasteiger partial charge in [-0.05, 0) is 60.5 Å². The van der Waals surface area contributed by atoms with Crippen molar-refractivity contribution in [3.63, 3.8) is 0 Å². The highest BCUT2D eigenvalue weighted by Crippen LogP contribution is 2.25. The van der Waals surface area contributed by atoms with Crippen molar-refractivity contribution < 1.29 is 19.1 Å². The number of nitrogens with one attached hydrogen (secondary N) is 1. The van der Waals surface area contributed by atoms with Crippen LogP contribution in [0, 0.1) is 5.92 Å². The number of nitrogens with two attached hydrogens (primary N) is 1. The van der Waals surface area contributed by atoms with E-state index in [9.17, 15) is 9.59 Å². The summed E-state index contributed by atoms with van der Waals surface area (Å²) in [4.78, 5) is 36.3. The summed E-state index contributed by atoms with van der Waals surface area (Å²) in [7, 11) is 0. The lowest BCUT2D eigenvalue weighted by atomic mass is 9.95. The molecule has 9 heteroatoms. The predicted molar refractivity (Wildman–Crippen MR) is 165 cm³/mol. The highest BCUT2D eigenvalue weighted by atomic mass is 16.5. The third-order valence-electron chi connectivity index (χ3n) is 7.40. The second kappa shape index (κ2) is 14.8. The number of nitrogen functional groups attached to an aromatic ring is 1. The molecule has 1 atom stereocenters. The van der Waals surface area contributed by atoms with Gasteiger partial charge in [0.05, 0.1) is 6.04 Å². The number of anilines is 2. The zero-order chi connectivity index (χ0) is 28.4. The molecule has 3 heterocycles. The molecule has 9 nitrogen and oxygen atoms in total. The van der Waals surface area contributed by atoms with Crippen LogP contribution in [-0.4, -0.2) is 47.6 Å². The Morgan fingerprint density at radius 2 is 1.76 bits per heavy atom. The molecule has 0 unspecified atom stereocenters. The number of piperidine rings is 1. The van der Waals surface area contributed by atoms with E-state index in [0.29, 0.717) is 18.0 Å². The van der Waals surface area contributed by atoms with E-state index in [-0.39, 0.29) is 50.9 Å². The van der Waals surface area contributed by atoms with Gasteiger partial charge in [0.25, 0.3) is 0 Å². The van der Waals surface area contributed by atoms with Gasteiger partial charge in [0.1, 0.15) is 24.8 Å². The minimum Gasteiger partial charge on any atom is -0.491 e. The first-order valence-electron chi connectivity index (χ1n) is 14.0. The van der Waals surface area contributed by atoms with E-state index in [1.54, 1.807) is 18.6 Å². The first-order chi connectivity index (χ1) is 20.0. The van der Waals surface area contributed by atoms with Crippen LogP contribution >= 0.6 is 0 Å². The molecule has 2 aromatic heterocycles. The van der Waals surface area contributed by atoms with Crippen LogP contribution in [0.3, 0.4) is 0 Å². The van der Waals surface area contributed by atoms with Crippen molar-refractivity contribution in [3.8, 4) is 5.75 Å². The van der Waals surface area contributed by atoms with Gasteiger partial charge in [0, 0.05) is 55.1 Å². The molecule has 42 heavy (non-hydrogen) atoms. The molecule has 4 aromatic rings. The van der Waals surface area contributed by atoms with Crippen molar-refractivity contribution in [2.45, 2.75) is 45.8 Å². The van der Waals surface area contributed by atoms with E-state index < -0.39 is 0 Å². The summed E-state index contributed by atoms with van der Waals surface area (Å²) in [6.45, 7) is 2.01. The number of hydrogen-bond acceptors (Lipinski definition) is 8. The molecule has 3 N–H and O–H groups in total. The second-order valence-electron chi connectivity index (χ2n) is 10.2. The van der Waals surface area contributed by atoms with Gasteiger partial charge in [0.15, 0.2) is 0 Å². The first-order valence-corrected chi connectivity index (χ1v) is 14.0. The Balaban J connectivity index is 0.00000405. The quantitative estimate of drug-likeness (QED) is 0.238. The van der Waals surface area contributed by atoms with Gasteiger partial charge in [0.2, 0.25) is 5.91 Å². The molecule has 1 amide bonds. The normalized spacial score (nSPS) is 14.0. The molecule has 1 saturated heterocycles. The van der Waals surface area contributed by atoms with Crippen LogP contribution in [0.1, 0.15) is 38.7 Å². The monoisotopic (exact) mass is 569 g/mol. The summed E-state index contributed by atoms with van der Waals surface area (Å²) >= 11 is 0. The third kappa shape index (κ3) is 8.19. The Kier molecular flexibility index (Phi) is 10.7. The summed E-state index contributed by atoms with van der Waals surface area (Å²) < 4.78 is 11.5. The highest BCUT2D eigenvalue weighted by molar-refractivity contribution is 5.91. The fourth-order valence-electron chi connectivity index (χ4n) is 5.03. The molecule has 220 valence electrons. The van der Waals surface area contributed by atoms with Crippen LogP contribution in [0.4, 0.5) is 11.5 Å². The van der Waals surface area contributed by atoms with Gasteiger partial charge in [-0.25, -0.2) is 4.98 Å². The lowest BCUT2D eigenvalue weighted by Gasteiger charge is -2.33. The maximum Gasteiger partial charge on any atom is 0.306 e. The molecule has 0 radical (unpaired) electrons. The van der Waals surface area contributed by atoms with Gasteiger partial charge >= 0.3 is 5.97 Å². The van der Waals surface area contributed by atoms with Crippen molar-refractivity contribution >= 4 is 34.2 Å². The summed E-state index contributed by atoms with van der Waals surface area (Å²) in [5.41, 5.74) is 8.09. The van der Waals surface area contributed by atoms with Crippen LogP contribution < -0.4 is 20.7 Å². The summed E-state index contributed by atoms with van der Waals surface area (Å²) in [5.74, 6) is 0.610. The maximum absolute atomic E-state index is 13.3. The van der Waals surface area contributed by atoms with Gasteiger partial charge in [-0.2, -0.15) is 0 Å². The number of carbonyl (C=O) groups is 2. The van der Waals surface area contributed by atoms with E-state index in [1.165, 1.54) is 0 Å². The van der Waals surface area contributed by atoms with Crippen molar-refractivity contribution in [3.05, 3.63) is 90.9 Å². The van der Waals surface area contributed by atoms with Gasteiger partial charge in [-0.1, -0.05) is 43.8 Å². The van der Waals surface area contributed by atoms with E-state index >= 15 is 0 Å². The van der Waals surface area contributed by atoms with Crippen LogP contribution in [0.2, 0.25) is 0 Å². The SMILES string of the molecule is C.Nc1nccc2ccc(OC[C@@H](CCC(=O)OCc3ccccc3)NC(=O)C3CCN(c4ccncc4)CC3)cc12. The number of carbonyl (C=O) groups excluding carboxylic acids is 2. The van der Waals surface area contributed by atoms with Crippen LogP contribution in [0.5, 0.6) is 5.75 Å². The molecule has 1 aliphatic rings. The summed E-state index contributed by atoms with van der Waals surface area (Å²) in [6, 6.07) is 20.7. The summed E-state index contributed by atoms with van der Waals surface area (Å²) in [6.07, 6.45) is 7.29. The lowest BCUT2D eigenvalue weighted by Crippen LogP contribution is -2.46. The smallest absolute Gasteiger partial charge is 0.306 e. The maximum atomic E-state index is 13.3. The molecule has 2 aromatic carbocycles. The number of nitrogens with zero attached hydrogens (tertiary/aromatic N) is 3. The van der Waals surface area contributed by atoms with Crippen molar-refractivity contribution in [1.82, 2.24) is 15.3 Å². The third-order valence-corrected chi connectivity index (χ3v) is 7.40. The standard InChI is InChI=1S/C32H35N5O4.CH4/c33-31-29-20-28(8-6-24(29)10-17-35-31)40-22-26(7-9-30(38)41-21-23-4-2-1-3-5-23)36-32(39)25-13-18-37(19-14-25)27-11-15-34-16-12-27;/h1-6,8,10-12,15-17,20,25-26H,7,9,13-14,18-19,21-22H2,(H2,33,35)(H,36,39);1H4/t26-;/m1./s1. The number of fused-ring (bicyclic) bond motifs is 1. The molecular formula is C33H39N5O4. The van der Waals surface area contributed by atoms with E-state index in [2.05, 4.69) is 20.2 Å². The second-order valence-corrected chi connectivity index (χ2v) is 10.2. The number of hydrogen-bond donors (Lipinski definition) is 2. The number of pyridine rings is 2. The number of aromatic nitrogens is 2. The molecule has 0 aliphatic carbocycles. The van der Waals surface area contributed by atoms with Gasteiger partial charge in [-0.3, -0.25) is 14.6 Å². The Bertz CT molecular complexity index is 1440. The zero-order valence-electron chi connectivity index (χ0n) is 22.9. The average molecular weight is 570 g/mol. The largest absolute Gasteiger partial charge is 0.491 e. The van der Waals surface area contributed by atoms with Crippen LogP contribution in [0.15, 0.2) is 85.3 Å². The average Bonchev–Trinajstić information content (AvgIpc) is 3.02. The molecule has 1 fully saturated rings. The Morgan fingerprint density at radius 3 is 2.52 bits per heavy atom. The van der Waals surface area contributed by atoms with E-state index in [1.807, 2.05) is 66.7 Å². The molecule has 0 saturated carbocycles. The lowest BCUT2D eigenvalue weighted by molar-refractivity contribution is -0.145. The van der Waals surface area contributed by atoms with Crippen LogP contribution in [0.25, 0.3) is 10.8 Å². The Hall–Kier alpha value is -4.66. The molecule has 5 rings (SSSR count). The number of amides is 1. The summed E-state index contributed by atoms with van der Waals surface area (Å²) in [5, 5.41) is 4.92. The fourth-order valence-corrected chi connectivity index (χ4v) is 5.03. The minimum atomic E-state index is -0.369. The first kappa shape index (κ1) is 30.3. The van der Waals surface area contributed by atoms with Crippen molar-refractivity contribution in [2.75, 3.05) is 30.3 Å². The molecule has 1 aliphatic heterocycles. The van der Waals surface area contributed by atoms with Crippen molar-refractivity contribution in [2.24, 2.45) is 5.92 Å². The van der Waals surface area contributed by atoms with E-state index in [4.69, 9.17) is 15.2 Å². The molecule has 0 bridgehead atoms. The highest BCUT2D eigenvalue weighted by Gasteiger charge is 2.27. The number of rotatable bonds is 11. The Labute approximate surface area is 247 Å². The fraction of sp³-hybridized carbons (Fsp3) is 0.333. The van der Waals surface area contributed by atoms with Gasteiger partial charge in [-0.15, -0.1) is 0 Å². The number of ether oxygens (including phenoxy) is 2. The van der Waals surface area contributed by atoms with Crippen LogP contribution in [-0.2, 0) is 20.9 Å². The van der Waals surface area contributed by atoms with Gasteiger partial charge < -0.3 is 25.4 Å².